The van der Waals surface area contributed by atoms with E-state index in [1.807, 2.05) is 10.9 Å². The molecule has 0 aliphatic carbocycles. The lowest BCUT2D eigenvalue weighted by atomic mass is 10.5. The van der Waals surface area contributed by atoms with Gasteiger partial charge in [0.2, 0.25) is 0 Å². The van der Waals surface area contributed by atoms with Crippen molar-refractivity contribution in [1.82, 2.24) is 9.66 Å². The second-order valence-electron chi connectivity index (χ2n) is 3.28. The largest absolute Gasteiger partial charge is 0.500 e. The highest BCUT2D eigenvalue weighted by atomic mass is 28.4. The Hall–Kier alpha value is -0.893. The molecule has 6 nitrogen and oxygen atoms in total. The van der Waals surface area contributed by atoms with E-state index in [0.29, 0.717) is 0 Å². The van der Waals surface area contributed by atoms with E-state index in [0.717, 1.165) is 19.0 Å². The fourth-order valence-electron chi connectivity index (χ4n) is 1.42. The number of hydrogen-bond acceptors (Lipinski definition) is 5. The zero-order valence-corrected chi connectivity index (χ0v) is 11.0. The fourth-order valence-corrected chi connectivity index (χ4v) is 3.14. The number of imidazole rings is 1. The maximum Gasteiger partial charge on any atom is 0.500 e. The van der Waals surface area contributed by atoms with Gasteiger partial charge in [-0.25, -0.2) is 4.98 Å². The van der Waals surface area contributed by atoms with Crippen LogP contribution in [0.1, 0.15) is 6.42 Å². The van der Waals surface area contributed by atoms with E-state index in [1.165, 1.54) is 0 Å². The van der Waals surface area contributed by atoms with Crippen molar-refractivity contribution < 1.29 is 13.3 Å². The molecule has 0 fully saturated rings. The molecule has 0 amide bonds. The lowest BCUT2D eigenvalue weighted by Gasteiger charge is -2.24. The molecule has 0 atom stereocenters. The molecule has 1 N–H and O–H groups in total. The van der Waals surface area contributed by atoms with E-state index in [4.69, 9.17) is 13.3 Å². The Labute approximate surface area is 96.9 Å². The molecule has 0 aliphatic rings. The van der Waals surface area contributed by atoms with Crippen LogP contribution in [0, 0.1) is 0 Å². The maximum absolute atomic E-state index is 5.32. The summed E-state index contributed by atoms with van der Waals surface area (Å²) in [6.45, 7) is 0.821. The molecular formula is C9H19N3O3Si. The number of nitrogens with zero attached hydrogens (tertiary/aromatic N) is 2. The molecule has 0 aromatic carbocycles. The summed E-state index contributed by atoms with van der Waals surface area (Å²) >= 11 is 0. The molecule has 1 rings (SSSR count). The van der Waals surface area contributed by atoms with E-state index in [2.05, 4.69) is 10.4 Å². The van der Waals surface area contributed by atoms with E-state index in [-0.39, 0.29) is 0 Å². The number of hydrogen-bond donors (Lipinski definition) is 1. The Morgan fingerprint density at radius 1 is 1.25 bits per heavy atom. The van der Waals surface area contributed by atoms with Gasteiger partial charge in [-0.15, -0.1) is 0 Å². The van der Waals surface area contributed by atoms with E-state index >= 15 is 0 Å². The predicted octanol–water partition coefficient (Wildman–Crippen LogP) is 0.695. The molecule has 1 aromatic rings. The summed E-state index contributed by atoms with van der Waals surface area (Å²) in [7, 11) is 2.48. The number of rotatable bonds is 8. The first-order valence-electron chi connectivity index (χ1n) is 5.13. The lowest BCUT2D eigenvalue weighted by Crippen LogP contribution is -2.43. The summed E-state index contributed by atoms with van der Waals surface area (Å²) in [5, 5.41) is 0. The third-order valence-electron chi connectivity index (χ3n) is 2.39. The molecule has 16 heavy (non-hydrogen) atoms. The zero-order chi connectivity index (χ0) is 11.9. The Bertz CT molecular complexity index is 269. The fraction of sp³-hybridized carbons (Fsp3) is 0.667. The molecule has 92 valence electrons. The summed E-state index contributed by atoms with van der Waals surface area (Å²) < 4.78 is 17.8. The van der Waals surface area contributed by atoms with Crippen LogP contribution in [-0.2, 0) is 13.3 Å². The van der Waals surface area contributed by atoms with E-state index in [9.17, 15) is 0 Å². The summed E-state index contributed by atoms with van der Waals surface area (Å²) in [6, 6.07) is 0.790. The van der Waals surface area contributed by atoms with Gasteiger partial charge in [0.25, 0.3) is 0 Å². The van der Waals surface area contributed by atoms with Crippen LogP contribution in [0.25, 0.3) is 0 Å². The molecule has 0 spiro atoms. The molecule has 0 unspecified atom stereocenters. The smallest absolute Gasteiger partial charge is 0.377 e. The van der Waals surface area contributed by atoms with Gasteiger partial charge >= 0.3 is 8.80 Å². The van der Waals surface area contributed by atoms with Crippen molar-refractivity contribution in [2.24, 2.45) is 0 Å². The first-order valence-corrected chi connectivity index (χ1v) is 7.07. The summed E-state index contributed by atoms with van der Waals surface area (Å²) in [5.41, 5.74) is 3.18. The van der Waals surface area contributed by atoms with Crippen molar-refractivity contribution in [2.45, 2.75) is 12.5 Å². The minimum Gasteiger partial charge on any atom is -0.377 e. The van der Waals surface area contributed by atoms with Crippen molar-refractivity contribution in [1.29, 1.82) is 0 Å². The van der Waals surface area contributed by atoms with Crippen LogP contribution < -0.4 is 5.43 Å². The van der Waals surface area contributed by atoms with Crippen molar-refractivity contribution in [3.63, 3.8) is 0 Å². The summed E-state index contributed by atoms with van der Waals surface area (Å²) in [4.78, 5) is 3.93. The maximum atomic E-state index is 5.32. The van der Waals surface area contributed by atoms with Crippen LogP contribution in [0.2, 0.25) is 6.04 Å². The normalized spacial score (nSPS) is 11.7. The summed E-state index contributed by atoms with van der Waals surface area (Å²) in [5.74, 6) is 0. The van der Waals surface area contributed by atoms with Gasteiger partial charge in [-0.1, -0.05) is 0 Å². The predicted molar refractivity (Wildman–Crippen MR) is 62.7 cm³/mol. The Morgan fingerprint density at radius 3 is 2.44 bits per heavy atom. The third kappa shape index (κ3) is 3.60. The van der Waals surface area contributed by atoms with E-state index in [1.54, 1.807) is 33.9 Å². The van der Waals surface area contributed by atoms with Gasteiger partial charge in [0.1, 0.15) is 6.33 Å². The van der Waals surface area contributed by atoms with Crippen LogP contribution in [0.4, 0.5) is 0 Å². The van der Waals surface area contributed by atoms with Crippen molar-refractivity contribution in [3.8, 4) is 0 Å². The second kappa shape index (κ2) is 6.64. The molecule has 1 aromatic heterocycles. The van der Waals surface area contributed by atoms with Crippen LogP contribution >= 0.6 is 0 Å². The van der Waals surface area contributed by atoms with Gasteiger partial charge in [0.05, 0.1) is 0 Å². The lowest BCUT2D eigenvalue weighted by molar-refractivity contribution is 0.123. The highest BCUT2D eigenvalue weighted by Gasteiger charge is 2.36. The molecule has 0 radical (unpaired) electrons. The average molecular weight is 245 g/mol. The quantitative estimate of drug-likeness (QED) is 0.539. The summed E-state index contributed by atoms with van der Waals surface area (Å²) in [6.07, 6.45) is 6.21. The monoisotopic (exact) mass is 245 g/mol. The van der Waals surface area contributed by atoms with E-state index < -0.39 is 8.80 Å². The minimum atomic E-state index is -2.40. The first kappa shape index (κ1) is 13.2. The first-order chi connectivity index (χ1) is 7.76. The number of nitrogens with one attached hydrogen (secondary N) is 1. The standard InChI is InChI=1S/C9H19N3O3Si/c1-13-16(14-2,15-3)8-4-5-11-12-7-6-10-9-12/h6-7,9,11H,4-5,8H2,1-3H3. The molecular weight excluding hydrogens is 226 g/mol. The highest BCUT2D eigenvalue weighted by molar-refractivity contribution is 6.60. The van der Waals surface area contributed by atoms with Crippen LogP contribution in [-0.4, -0.2) is 46.3 Å². The van der Waals surface area contributed by atoms with Gasteiger partial charge in [-0.05, 0) is 6.42 Å². The van der Waals surface area contributed by atoms with Crippen molar-refractivity contribution in [3.05, 3.63) is 18.7 Å². The van der Waals surface area contributed by atoms with Crippen molar-refractivity contribution in [2.75, 3.05) is 33.3 Å². The van der Waals surface area contributed by atoms with Crippen LogP contribution in [0.3, 0.4) is 0 Å². The number of aromatic nitrogens is 2. The van der Waals surface area contributed by atoms with Crippen LogP contribution in [0.15, 0.2) is 18.7 Å². The van der Waals surface area contributed by atoms with Crippen molar-refractivity contribution >= 4 is 8.80 Å². The Kier molecular flexibility index (Phi) is 5.47. The second-order valence-corrected chi connectivity index (χ2v) is 6.37. The molecule has 0 bridgehead atoms. The van der Waals surface area contributed by atoms with Gasteiger partial charge in [0, 0.05) is 46.3 Å². The van der Waals surface area contributed by atoms with Gasteiger partial charge in [-0.3, -0.25) is 4.68 Å². The minimum absolute atomic E-state index is 0.790. The molecule has 0 saturated heterocycles. The van der Waals surface area contributed by atoms with Crippen LogP contribution in [0.5, 0.6) is 0 Å². The van der Waals surface area contributed by atoms with Gasteiger partial charge < -0.3 is 18.7 Å². The van der Waals surface area contributed by atoms with Gasteiger partial charge in [-0.2, -0.15) is 0 Å². The van der Waals surface area contributed by atoms with Gasteiger partial charge in [0.15, 0.2) is 0 Å². The molecule has 1 heterocycles. The molecule has 0 saturated carbocycles. The Morgan fingerprint density at radius 2 is 1.94 bits per heavy atom. The topological polar surface area (TPSA) is 57.5 Å². The zero-order valence-electron chi connectivity index (χ0n) is 9.97. The molecule has 7 heteroatoms. The average Bonchev–Trinajstić information content (AvgIpc) is 2.83. The third-order valence-corrected chi connectivity index (χ3v) is 5.22. The Balaban J connectivity index is 2.23. The SMILES string of the molecule is CO[Si](CCCNn1ccnc1)(OC)OC. The highest BCUT2D eigenvalue weighted by Crippen LogP contribution is 2.14. The molecule has 0 aliphatic heterocycles.